The predicted octanol–water partition coefficient (Wildman–Crippen LogP) is 1.26. The highest BCUT2D eigenvalue weighted by Crippen LogP contribution is 2.30. The van der Waals surface area contributed by atoms with E-state index >= 15 is 0 Å². The maximum atomic E-state index is 5.98. The molecule has 2 nitrogen and oxygen atoms in total. The van der Waals surface area contributed by atoms with Gasteiger partial charge in [0.2, 0.25) is 0 Å². The SMILES string of the molecule is COC1Cc2ccccc2C1N. The van der Waals surface area contributed by atoms with E-state index in [4.69, 9.17) is 10.5 Å². The van der Waals surface area contributed by atoms with Gasteiger partial charge in [0.25, 0.3) is 0 Å². The Morgan fingerprint density at radius 1 is 1.42 bits per heavy atom. The van der Waals surface area contributed by atoms with Crippen LogP contribution in [0.3, 0.4) is 0 Å². The molecule has 0 aliphatic heterocycles. The lowest BCUT2D eigenvalue weighted by atomic mass is 10.1. The van der Waals surface area contributed by atoms with Gasteiger partial charge in [0.1, 0.15) is 0 Å². The first-order valence-electron chi connectivity index (χ1n) is 4.19. The fourth-order valence-corrected chi connectivity index (χ4v) is 1.82. The van der Waals surface area contributed by atoms with E-state index < -0.39 is 0 Å². The Bertz CT molecular complexity index is 285. The first kappa shape index (κ1) is 7.77. The number of hydrogen-bond acceptors (Lipinski definition) is 2. The van der Waals surface area contributed by atoms with Crippen molar-refractivity contribution in [2.45, 2.75) is 18.6 Å². The number of benzene rings is 1. The predicted molar refractivity (Wildman–Crippen MR) is 47.9 cm³/mol. The van der Waals surface area contributed by atoms with Gasteiger partial charge >= 0.3 is 0 Å². The van der Waals surface area contributed by atoms with Crippen molar-refractivity contribution in [1.29, 1.82) is 0 Å². The molecule has 2 atom stereocenters. The maximum Gasteiger partial charge on any atom is 0.0804 e. The van der Waals surface area contributed by atoms with E-state index in [2.05, 4.69) is 12.1 Å². The van der Waals surface area contributed by atoms with Crippen LogP contribution in [0.5, 0.6) is 0 Å². The Morgan fingerprint density at radius 3 is 2.83 bits per heavy atom. The lowest BCUT2D eigenvalue weighted by molar-refractivity contribution is 0.0907. The zero-order valence-electron chi connectivity index (χ0n) is 7.16. The van der Waals surface area contributed by atoms with E-state index in [0.29, 0.717) is 0 Å². The van der Waals surface area contributed by atoms with Crippen LogP contribution < -0.4 is 5.73 Å². The van der Waals surface area contributed by atoms with Gasteiger partial charge in [0, 0.05) is 13.5 Å². The lowest BCUT2D eigenvalue weighted by Crippen LogP contribution is -2.23. The normalized spacial score (nSPS) is 27.2. The van der Waals surface area contributed by atoms with E-state index in [1.165, 1.54) is 11.1 Å². The van der Waals surface area contributed by atoms with Crippen molar-refractivity contribution >= 4 is 0 Å². The molecule has 0 amide bonds. The van der Waals surface area contributed by atoms with Crippen molar-refractivity contribution in [3.8, 4) is 0 Å². The van der Waals surface area contributed by atoms with Crippen LogP contribution in [-0.2, 0) is 11.2 Å². The van der Waals surface area contributed by atoms with Gasteiger partial charge in [-0.25, -0.2) is 0 Å². The summed E-state index contributed by atoms with van der Waals surface area (Å²) in [6.07, 6.45) is 1.12. The second-order valence-electron chi connectivity index (χ2n) is 3.20. The van der Waals surface area contributed by atoms with Crippen molar-refractivity contribution in [2.75, 3.05) is 7.11 Å². The van der Waals surface area contributed by atoms with Crippen molar-refractivity contribution in [3.63, 3.8) is 0 Å². The largest absolute Gasteiger partial charge is 0.379 e. The molecule has 0 aromatic heterocycles. The molecule has 2 unspecified atom stereocenters. The minimum absolute atomic E-state index is 0.0613. The van der Waals surface area contributed by atoms with Crippen molar-refractivity contribution in [1.82, 2.24) is 0 Å². The molecule has 1 aliphatic carbocycles. The summed E-state index contributed by atoms with van der Waals surface area (Å²) in [6.45, 7) is 0. The first-order chi connectivity index (χ1) is 5.83. The van der Waals surface area contributed by atoms with Gasteiger partial charge in [-0.2, -0.15) is 0 Å². The molecule has 1 aromatic carbocycles. The van der Waals surface area contributed by atoms with Gasteiger partial charge < -0.3 is 10.5 Å². The average molecular weight is 163 g/mol. The molecule has 0 radical (unpaired) electrons. The summed E-state index contributed by atoms with van der Waals surface area (Å²) in [7, 11) is 1.72. The van der Waals surface area contributed by atoms with E-state index in [1.807, 2.05) is 12.1 Å². The first-order valence-corrected chi connectivity index (χ1v) is 4.19. The highest BCUT2D eigenvalue weighted by Gasteiger charge is 2.28. The second-order valence-corrected chi connectivity index (χ2v) is 3.20. The monoisotopic (exact) mass is 163 g/mol. The van der Waals surface area contributed by atoms with E-state index in [0.717, 1.165) is 6.42 Å². The van der Waals surface area contributed by atoms with Crippen molar-refractivity contribution in [2.24, 2.45) is 5.73 Å². The second kappa shape index (κ2) is 2.88. The number of rotatable bonds is 1. The standard InChI is InChI=1S/C10H13NO/c1-12-9-6-7-4-2-3-5-8(7)10(9)11/h2-5,9-10H,6,11H2,1H3. The zero-order chi connectivity index (χ0) is 8.55. The van der Waals surface area contributed by atoms with E-state index in [-0.39, 0.29) is 12.1 Å². The Labute approximate surface area is 72.3 Å². The minimum atomic E-state index is 0.0613. The third-order valence-corrected chi connectivity index (χ3v) is 2.54. The molecule has 0 heterocycles. The number of hydrogen-bond donors (Lipinski definition) is 1. The summed E-state index contributed by atoms with van der Waals surface area (Å²) in [5, 5.41) is 0. The summed E-state index contributed by atoms with van der Waals surface area (Å²) >= 11 is 0. The lowest BCUT2D eigenvalue weighted by Gasteiger charge is -2.13. The quantitative estimate of drug-likeness (QED) is 0.676. The molecule has 2 heteroatoms. The van der Waals surface area contributed by atoms with Crippen LogP contribution >= 0.6 is 0 Å². The Hall–Kier alpha value is -0.860. The number of ether oxygens (including phenoxy) is 1. The minimum Gasteiger partial charge on any atom is -0.379 e. The molecule has 1 aliphatic rings. The number of methoxy groups -OCH3 is 1. The molecule has 1 aromatic rings. The van der Waals surface area contributed by atoms with Crippen LogP contribution in [0.4, 0.5) is 0 Å². The molecular weight excluding hydrogens is 150 g/mol. The van der Waals surface area contributed by atoms with Gasteiger partial charge in [-0.05, 0) is 11.1 Å². The van der Waals surface area contributed by atoms with Crippen LogP contribution in [0.15, 0.2) is 24.3 Å². The fourth-order valence-electron chi connectivity index (χ4n) is 1.82. The van der Waals surface area contributed by atoms with Crippen LogP contribution in [0.1, 0.15) is 17.2 Å². The number of fused-ring (bicyclic) bond motifs is 1. The third-order valence-electron chi connectivity index (χ3n) is 2.54. The van der Waals surface area contributed by atoms with Gasteiger partial charge in [-0.15, -0.1) is 0 Å². The molecule has 0 saturated carbocycles. The summed E-state index contributed by atoms with van der Waals surface area (Å²) < 4.78 is 5.28. The molecular formula is C10H13NO. The topological polar surface area (TPSA) is 35.2 Å². The van der Waals surface area contributed by atoms with E-state index in [9.17, 15) is 0 Å². The average Bonchev–Trinajstić information content (AvgIpc) is 2.44. The smallest absolute Gasteiger partial charge is 0.0804 e. The van der Waals surface area contributed by atoms with E-state index in [1.54, 1.807) is 7.11 Å². The molecule has 12 heavy (non-hydrogen) atoms. The highest BCUT2D eigenvalue weighted by molar-refractivity contribution is 5.36. The summed E-state index contributed by atoms with van der Waals surface area (Å²) in [5.74, 6) is 0. The molecule has 2 rings (SSSR count). The van der Waals surface area contributed by atoms with Crippen LogP contribution in [0.25, 0.3) is 0 Å². The Kier molecular flexibility index (Phi) is 1.87. The Morgan fingerprint density at radius 2 is 2.17 bits per heavy atom. The fraction of sp³-hybridized carbons (Fsp3) is 0.400. The van der Waals surface area contributed by atoms with Crippen LogP contribution in [0, 0.1) is 0 Å². The zero-order valence-corrected chi connectivity index (χ0v) is 7.16. The molecule has 64 valence electrons. The number of nitrogens with two attached hydrogens (primary N) is 1. The summed E-state index contributed by atoms with van der Waals surface area (Å²) in [5.41, 5.74) is 8.55. The van der Waals surface area contributed by atoms with Gasteiger partial charge in [0.15, 0.2) is 0 Å². The van der Waals surface area contributed by atoms with Crippen molar-refractivity contribution < 1.29 is 4.74 Å². The Balaban J connectivity index is 2.35. The highest BCUT2D eigenvalue weighted by atomic mass is 16.5. The molecule has 0 spiro atoms. The summed E-state index contributed by atoms with van der Waals surface area (Å²) in [4.78, 5) is 0. The van der Waals surface area contributed by atoms with Gasteiger partial charge in [-0.1, -0.05) is 24.3 Å². The molecule has 2 N–H and O–H groups in total. The van der Waals surface area contributed by atoms with Crippen LogP contribution in [-0.4, -0.2) is 13.2 Å². The molecule has 0 fully saturated rings. The van der Waals surface area contributed by atoms with Gasteiger partial charge in [0.05, 0.1) is 12.1 Å². The van der Waals surface area contributed by atoms with Crippen LogP contribution in [0.2, 0.25) is 0 Å². The molecule has 0 saturated heterocycles. The third kappa shape index (κ3) is 1.04. The van der Waals surface area contributed by atoms with Crippen molar-refractivity contribution in [3.05, 3.63) is 35.4 Å². The molecule has 0 bridgehead atoms. The summed E-state index contributed by atoms with van der Waals surface area (Å²) in [6, 6.07) is 8.33. The van der Waals surface area contributed by atoms with Gasteiger partial charge in [-0.3, -0.25) is 0 Å². The maximum absolute atomic E-state index is 5.98.